The van der Waals surface area contributed by atoms with Gasteiger partial charge in [0.05, 0.1) is 41.8 Å². The molecule has 3 fully saturated rings. The molecule has 1 N–H and O–H groups in total. The molecular weight excluding hydrogens is 402 g/mol. The average molecular weight is 426 g/mol. The van der Waals surface area contributed by atoms with Crippen molar-refractivity contribution in [3.05, 3.63) is 30.4 Å². The maximum absolute atomic E-state index is 13.5. The van der Waals surface area contributed by atoms with E-state index in [9.17, 15) is 9.59 Å². The molecule has 1 saturated carbocycles. The first-order valence-corrected chi connectivity index (χ1v) is 11.3. The molecule has 7 nitrogen and oxygen atoms in total. The quantitative estimate of drug-likeness (QED) is 0.762. The van der Waals surface area contributed by atoms with E-state index in [1.54, 1.807) is 12.0 Å². The number of anilines is 1. The molecule has 2 unspecified atom stereocenters. The van der Waals surface area contributed by atoms with Gasteiger partial charge in [0.1, 0.15) is 11.4 Å². The van der Waals surface area contributed by atoms with Crippen LogP contribution in [0.3, 0.4) is 0 Å². The van der Waals surface area contributed by atoms with Gasteiger partial charge in [-0.3, -0.25) is 14.5 Å². The molecule has 0 radical (unpaired) electrons. The molecule has 4 heterocycles. The summed E-state index contributed by atoms with van der Waals surface area (Å²) in [6.07, 6.45) is 7.96. The van der Waals surface area contributed by atoms with Gasteiger partial charge in [-0.2, -0.15) is 0 Å². The number of nitrogens with one attached hydrogen (secondary N) is 1. The van der Waals surface area contributed by atoms with Crippen LogP contribution >= 0.6 is 11.3 Å². The number of fused-ring (bicyclic) bond motifs is 2. The summed E-state index contributed by atoms with van der Waals surface area (Å²) < 4.78 is 12.5. The van der Waals surface area contributed by atoms with E-state index in [4.69, 9.17) is 9.47 Å². The lowest BCUT2D eigenvalue weighted by molar-refractivity contribution is -0.132. The van der Waals surface area contributed by atoms with Gasteiger partial charge in [0, 0.05) is 12.1 Å². The van der Waals surface area contributed by atoms with Gasteiger partial charge < -0.3 is 14.8 Å². The summed E-state index contributed by atoms with van der Waals surface area (Å²) in [5.41, 5.74) is 0.0719. The molecule has 8 heteroatoms. The number of amides is 2. The minimum absolute atomic E-state index is 0.0487. The van der Waals surface area contributed by atoms with Crippen LogP contribution in [0.2, 0.25) is 0 Å². The van der Waals surface area contributed by atoms with Crippen LogP contribution in [-0.4, -0.2) is 48.2 Å². The summed E-state index contributed by atoms with van der Waals surface area (Å²) in [7, 11) is 1.62. The third kappa shape index (κ3) is 2.56. The highest BCUT2D eigenvalue weighted by Crippen LogP contribution is 2.53. The number of benzene rings is 1. The van der Waals surface area contributed by atoms with Gasteiger partial charge in [0.25, 0.3) is 0 Å². The first-order chi connectivity index (χ1) is 14.6. The number of methoxy groups -OCH3 is 1. The highest BCUT2D eigenvalue weighted by Gasteiger charge is 2.67. The van der Waals surface area contributed by atoms with Crippen molar-refractivity contribution >= 4 is 38.5 Å². The van der Waals surface area contributed by atoms with Crippen molar-refractivity contribution in [1.29, 1.82) is 0 Å². The third-order valence-corrected chi connectivity index (χ3v) is 7.98. The fourth-order valence-corrected chi connectivity index (χ4v) is 6.42. The van der Waals surface area contributed by atoms with Gasteiger partial charge in [-0.15, -0.1) is 0 Å². The third-order valence-electron chi connectivity index (χ3n) is 6.92. The van der Waals surface area contributed by atoms with Gasteiger partial charge in [-0.05, 0) is 25.0 Å². The Morgan fingerprint density at radius 2 is 2.20 bits per heavy atom. The molecule has 1 aliphatic carbocycles. The largest absolute Gasteiger partial charge is 0.497 e. The molecule has 6 rings (SSSR count). The van der Waals surface area contributed by atoms with Gasteiger partial charge in [-0.1, -0.05) is 36.3 Å². The standard InChI is InChI=1S/C22H23N3O4S/c1-28-13-6-7-16-14(10-13)24-21(30-16)25-11-22-9-8-15(29-22)17(18(22)20(25)27)19(26)23-12-4-2-3-5-12/h6-10,12,15,17-18H,2-5,11H2,1H3,(H,23,26)/t15-,17?,18?,22-/m0/s1. The Morgan fingerprint density at radius 1 is 1.37 bits per heavy atom. The Hall–Kier alpha value is -2.45. The smallest absolute Gasteiger partial charge is 0.236 e. The molecule has 2 saturated heterocycles. The highest BCUT2D eigenvalue weighted by atomic mass is 32.1. The predicted molar refractivity (Wildman–Crippen MR) is 113 cm³/mol. The number of rotatable bonds is 4. The van der Waals surface area contributed by atoms with E-state index in [1.807, 2.05) is 30.4 Å². The van der Waals surface area contributed by atoms with Crippen molar-refractivity contribution in [2.45, 2.75) is 43.4 Å². The second-order valence-electron chi connectivity index (χ2n) is 8.64. The number of carbonyl (C=O) groups is 2. The summed E-state index contributed by atoms with van der Waals surface area (Å²) >= 11 is 1.47. The van der Waals surface area contributed by atoms with Crippen molar-refractivity contribution in [2.75, 3.05) is 18.6 Å². The van der Waals surface area contributed by atoms with E-state index in [0.29, 0.717) is 11.7 Å². The zero-order chi connectivity index (χ0) is 20.5. The Labute approximate surface area is 178 Å². The van der Waals surface area contributed by atoms with Crippen LogP contribution in [0.25, 0.3) is 10.2 Å². The maximum atomic E-state index is 13.5. The Bertz CT molecular complexity index is 1080. The average Bonchev–Trinajstić information content (AvgIpc) is 3.54. The minimum Gasteiger partial charge on any atom is -0.497 e. The number of carbonyl (C=O) groups excluding carboxylic acids is 2. The molecular formula is C22H23N3O4S. The Balaban J connectivity index is 1.30. The summed E-state index contributed by atoms with van der Waals surface area (Å²) in [6, 6.07) is 5.94. The minimum atomic E-state index is -0.727. The van der Waals surface area contributed by atoms with Crippen LogP contribution in [0.4, 0.5) is 5.13 Å². The van der Waals surface area contributed by atoms with Crippen LogP contribution < -0.4 is 15.0 Å². The Kier molecular flexibility index (Phi) is 3.98. The molecule has 4 atom stereocenters. The van der Waals surface area contributed by atoms with Crippen LogP contribution in [0, 0.1) is 11.8 Å². The monoisotopic (exact) mass is 425 g/mol. The van der Waals surface area contributed by atoms with Crippen molar-refractivity contribution in [1.82, 2.24) is 10.3 Å². The van der Waals surface area contributed by atoms with Gasteiger partial charge >= 0.3 is 0 Å². The van der Waals surface area contributed by atoms with E-state index in [2.05, 4.69) is 10.3 Å². The molecule has 2 bridgehead atoms. The van der Waals surface area contributed by atoms with Crippen molar-refractivity contribution < 1.29 is 19.1 Å². The number of aromatic nitrogens is 1. The molecule has 156 valence electrons. The summed E-state index contributed by atoms with van der Waals surface area (Å²) in [4.78, 5) is 33.0. The number of nitrogens with zero attached hydrogens (tertiary/aromatic N) is 2. The van der Waals surface area contributed by atoms with E-state index in [1.165, 1.54) is 11.3 Å². The molecule has 2 aromatic rings. The zero-order valence-electron chi connectivity index (χ0n) is 16.7. The fourth-order valence-electron chi connectivity index (χ4n) is 5.46. The second-order valence-corrected chi connectivity index (χ2v) is 9.65. The van der Waals surface area contributed by atoms with Gasteiger partial charge in [-0.25, -0.2) is 4.98 Å². The van der Waals surface area contributed by atoms with E-state index in [-0.39, 0.29) is 24.0 Å². The highest BCUT2D eigenvalue weighted by molar-refractivity contribution is 7.22. The molecule has 3 aliphatic heterocycles. The van der Waals surface area contributed by atoms with Gasteiger partial charge in [0.2, 0.25) is 11.8 Å². The Morgan fingerprint density at radius 3 is 3.00 bits per heavy atom. The van der Waals surface area contributed by atoms with Gasteiger partial charge in [0.15, 0.2) is 5.13 Å². The predicted octanol–water partition coefficient (Wildman–Crippen LogP) is 2.65. The van der Waals surface area contributed by atoms with Crippen LogP contribution in [0.1, 0.15) is 25.7 Å². The first kappa shape index (κ1) is 18.3. The summed E-state index contributed by atoms with van der Waals surface area (Å²) in [5, 5.41) is 3.81. The van der Waals surface area contributed by atoms with Crippen molar-refractivity contribution in [3.8, 4) is 5.75 Å². The van der Waals surface area contributed by atoms with E-state index in [0.717, 1.165) is 41.6 Å². The molecule has 2 amide bonds. The lowest BCUT2D eigenvalue weighted by Crippen LogP contribution is -2.46. The zero-order valence-corrected chi connectivity index (χ0v) is 17.5. The lowest BCUT2D eigenvalue weighted by atomic mass is 9.76. The van der Waals surface area contributed by atoms with Crippen molar-refractivity contribution in [3.63, 3.8) is 0 Å². The summed E-state index contributed by atoms with van der Waals surface area (Å²) in [6.45, 7) is 0.396. The molecule has 30 heavy (non-hydrogen) atoms. The number of thiazole rings is 1. The molecule has 1 spiro atoms. The maximum Gasteiger partial charge on any atom is 0.236 e. The molecule has 4 aliphatic rings. The van der Waals surface area contributed by atoms with Crippen LogP contribution in [0.5, 0.6) is 5.75 Å². The number of ether oxygens (including phenoxy) is 2. The topological polar surface area (TPSA) is 80.8 Å². The number of hydrogen-bond acceptors (Lipinski definition) is 6. The van der Waals surface area contributed by atoms with Crippen molar-refractivity contribution in [2.24, 2.45) is 11.8 Å². The molecule has 1 aromatic heterocycles. The fraction of sp³-hybridized carbons (Fsp3) is 0.500. The summed E-state index contributed by atoms with van der Waals surface area (Å²) in [5.74, 6) is -0.346. The van der Waals surface area contributed by atoms with E-state index >= 15 is 0 Å². The SMILES string of the molecule is COc1ccc2sc(N3C[C@]45C=C[C@H](O4)C(C(=O)NC4CCCC4)C5C3=O)nc2c1. The lowest BCUT2D eigenvalue weighted by Gasteiger charge is -2.24. The first-order valence-electron chi connectivity index (χ1n) is 10.5. The van der Waals surface area contributed by atoms with Crippen LogP contribution in [-0.2, 0) is 14.3 Å². The van der Waals surface area contributed by atoms with Crippen LogP contribution in [0.15, 0.2) is 30.4 Å². The molecule has 1 aromatic carbocycles. The van der Waals surface area contributed by atoms with E-state index < -0.39 is 17.4 Å². The second kappa shape index (κ2) is 6.52. The number of hydrogen-bond donors (Lipinski definition) is 1. The normalized spacial score (nSPS) is 32.4.